The van der Waals surface area contributed by atoms with E-state index in [4.69, 9.17) is 5.73 Å². The first-order valence-corrected chi connectivity index (χ1v) is 5.16. The number of aryl methyl sites for hydroxylation is 1. The van der Waals surface area contributed by atoms with E-state index in [1.807, 2.05) is 19.3 Å². The molecule has 1 heterocycles. The maximum Gasteiger partial charge on any atom is 0.240 e. The van der Waals surface area contributed by atoms with E-state index < -0.39 is 5.54 Å². The molecule has 0 spiro atoms. The van der Waals surface area contributed by atoms with Crippen molar-refractivity contribution in [3.63, 3.8) is 0 Å². The first-order valence-electron chi connectivity index (χ1n) is 5.16. The number of nitrogens with one attached hydrogen (secondary N) is 1. The molecular formula is C10H16N4O. The Balaban J connectivity index is 1.73. The van der Waals surface area contributed by atoms with Gasteiger partial charge in [0.25, 0.3) is 0 Å². The number of aromatic nitrogens is 2. The maximum absolute atomic E-state index is 11.5. The fourth-order valence-corrected chi connectivity index (χ4v) is 1.44. The molecule has 0 aliphatic heterocycles. The number of carbonyl (C=O) groups is 1. The van der Waals surface area contributed by atoms with Crippen LogP contribution in [0.4, 0.5) is 0 Å². The van der Waals surface area contributed by atoms with Gasteiger partial charge in [0.05, 0.1) is 11.2 Å². The van der Waals surface area contributed by atoms with Gasteiger partial charge in [-0.05, 0) is 18.9 Å². The number of carbonyl (C=O) groups excluding carboxylic acids is 1. The normalized spacial score (nSPS) is 17.5. The topological polar surface area (TPSA) is 72.9 Å². The molecule has 15 heavy (non-hydrogen) atoms. The Hall–Kier alpha value is -1.36. The molecule has 0 aromatic carbocycles. The Morgan fingerprint density at radius 3 is 3.00 bits per heavy atom. The lowest BCUT2D eigenvalue weighted by Crippen LogP contribution is -2.43. The zero-order valence-electron chi connectivity index (χ0n) is 8.86. The summed E-state index contributed by atoms with van der Waals surface area (Å²) >= 11 is 0. The molecular weight excluding hydrogens is 192 g/mol. The third-order valence-corrected chi connectivity index (χ3v) is 2.68. The highest BCUT2D eigenvalue weighted by molar-refractivity contribution is 5.88. The average molecular weight is 208 g/mol. The zero-order chi connectivity index (χ0) is 10.9. The van der Waals surface area contributed by atoms with Crippen molar-refractivity contribution in [1.29, 1.82) is 0 Å². The summed E-state index contributed by atoms with van der Waals surface area (Å²) in [6, 6.07) is 1.95. The lowest BCUT2D eigenvalue weighted by atomic mass is 10.2. The molecule has 0 saturated heterocycles. The van der Waals surface area contributed by atoms with Crippen molar-refractivity contribution in [2.75, 3.05) is 6.54 Å². The van der Waals surface area contributed by atoms with Crippen LogP contribution < -0.4 is 11.1 Å². The summed E-state index contributed by atoms with van der Waals surface area (Å²) in [5.41, 5.74) is 6.16. The van der Waals surface area contributed by atoms with Gasteiger partial charge in [0.1, 0.15) is 0 Å². The van der Waals surface area contributed by atoms with Crippen LogP contribution in [0.3, 0.4) is 0 Å². The van der Waals surface area contributed by atoms with Crippen molar-refractivity contribution in [2.45, 2.75) is 24.8 Å². The van der Waals surface area contributed by atoms with Gasteiger partial charge in [0.2, 0.25) is 5.91 Å². The predicted octanol–water partition coefficient (Wildman–Crippen LogP) is -0.430. The molecule has 1 aromatic rings. The molecule has 1 aromatic heterocycles. The Morgan fingerprint density at radius 2 is 2.47 bits per heavy atom. The number of nitrogens with zero attached hydrogens (tertiary/aromatic N) is 2. The van der Waals surface area contributed by atoms with Crippen LogP contribution in [-0.2, 0) is 18.3 Å². The summed E-state index contributed by atoms with van der Waals surface area (Å²) in [5, 5.41) is 7.05. The van der Waals surface area contributed by atoms with Gasteiger partial charge in [0, 0.05) is 26.2 Å². The number of amides is 1. The molecule has 2 rings (SSSR count). The van der Waals surface area contributed by atoms with Crippen LogP contribution in [0.5, 0.6) is 0 Å². The summed E-state index contributed by atoms with van der Waals surface area (Å²) in [6.45, 7) is 0.606. The highest BCUT2D eigenvalue weighted by atomic mass is 16.2. The smallest absolute Gasteiger partial charge is 0.240 e. The molecule has 0 unspecified atom stereocenters. The highest BCUT2D eigenvalue weighted by Crippen LogP contribution is 2.31. The van der Waals surface area contributed by atoms with Gasteiger partial charge in [-0.15, -0.1) is 0 Å². The molecule has 0 atom stereocenters. The van der Waals surface area contributed by atoms with Crippen molar-refractivity contribution >= 4 is 5.91 Å². The van der Waals surface area contributed by atoms with Crippen LogP contribution in [0.1, 0.15) is 18.5 Å². The minimum Gasteiger partial charge on any atom is -0.354 e. The number of hydrogen-bond donors (Lipinski definition) is 2. The molecule has 1 saturated carbocycles. The molecule has 82 valence electrons. The minimum absolute atomic E-state index is 0.0292. The maximum atomic E-state index is 11.5. The number of nitrogens with two attached hydrogens (primary N) is 1. The summed E-state index contributed by atoms with van der Waals surface area (Å²) in [5.74, 6) is -0.0292. The molecule has 1 fully saturated rings. The molecule has 5 nitrogen and oxygen atoms in total. The molecule has 1 aliphatic rings. The summed E-state index contributed by atoms with van der Waals surface area (Å²) in [4.78, 5) is 11.5. The first kappa shape index (κ1) is 10.2. The molecule has 3 N–H and O–H groups in total. The Labute approximate surface area is 88.6 Å². The predicted molar refractivity (Wildman–Crippen MR) is 56.1 cm³/mol. The van der Waals surface area contributed by atoms with E-state index in [0.717, 1.165) is 25.0 Å². The quantitative estimate of drug-likeness (QED) is 0.705. The van der Waals surface area contributed by atoms with Gasteiger partial charge in [-0.1, -0.05) is 0 Å². The van der Waals surface area contributed by atoms with Crippen LogP contribution in [0.25, 0.3) is 0 Å². The fourth-order valence-electron chi connectivity index (χ4n) is 1.44. The Morgan fingerprint density at radius 1 is 1.73 bits per heavy atom. The van der Waals surface area contributed by atoms with Crippen LogP contribution in [0, 0.1) is 0 Å². The Bertz CT molecular complexity index is 367. The lowest BCUT2D eigenvalue weighted by Gasteiger charge is -2.08. The van der Waals surface area contributed by atoms with E-state index in [2.05, 4.69) is 10.4 Å². The third-order valence-electron chi connectivity index (χ3n) is 2.68. The summed E-state index contributed by atoms with van der Waals surface area (Å²) in [6.07, 6.45) is 4.26. The largest absolute Gasteiger partial charge is 0.354 e. The summed E-state index contributed by atoms with van der Waals surface area (Å²) in [7, 11) is 1.88. The monoisotopic (exact) mass is 208 g/mol. The first-order chi connectivity index (χ1) is 7.10. The second-order valence-corrected chi connectivity index (χ2v) is 4.14. The van der Waals surface area contributed by atoms with Gasteiger partial charge >= 0.3 is 0 Å². The van der Waals surface area contributed by atoms with Crippen molar-refractivity contribution < 1.29 is 4.79 Å². The average Bonchev–Trinajstić information content (AvgIpc) is 2.81. The fraction of sp³-hybridized carbons (Fsp3) is 0.600. The van der Waals surface area contributed by atoms with Crippen LogP contribution in [-0.4, -0.2) is 27.8 Å². The highest BCUT2D eigenvalue weighted by Gasteiger charge is 2.45. The van der Waals surface area contributed by atoms with E-state index >= 15 is 0 Å². The van der Waals surface area contributed by atoms with Gasteiger partial charge in [-0.3, -0.25) is 9.48 Å². The standard InChI is InChI=1S/C10H16N4O/c1-14-7-3-8(13-14)2-6-12-9(15)10(11)4-5-10/h3,7H,2,4-6,11H2,1H3,(H,12,15). The van der Waals surface area contributed by atoms with Gasteiger partial charge < -0.3 is 11.1 Å². The number of rotatable bonds is 4. The van der Waals surface area contributed by atoms with E-state index in [-0.39, 0.29) is 5.91 Å². The molecule has 1 aliphatic carbocycles. The van der Waals surface area contributed by atoms with E-state index in [0.29, 0.717) is 6.54 Å². The molecule has 1 amide bonds. The lowest BCUT2D eigenvalue weighted by molar-refractivity contribution is -0.123. The van der Waals surface area contributed by atoms with E-state index in [1.54, 1.807) is 4.68 Å². The van der Waals surface area contributed by atoms with Crippen LogP contribution >= 0.6 is 0 Å². The van der Waals surface area contributed by atoms with Crippen molar-refractivity contribution in [1.82, 2.24) is 15.1 Å². The van der Waals surface area contributed by atoms with E-state index in [1.165, 1.54) is 0 Å². The van der Waals surface area contributed by atoms with Gasteiger partial charge in [-0.25, -0.2) is 0 Å². The van der Waals surface area contributed by atoms with Crippen molar-refractivity contribution in [3.05, 3.63) is 18.0 Å². The molecule has 0 bridgehead atoms. The molecule has 5 heteroatoms. The SMILES string of the molecule is Cn1ccc(CCNC(=O)C2(N)CC2)n1. The summed E-state index contributed by atoms with van der Waals surface area (Å²) < 4.78 is 1.75. The third kappa shape index (κ3) is 2.36. The second-order valence-electron chi connectivity index (χ2n) is 4.14. The van der Waals surface area contributed by atoms with E-state index in [9.17, 15) is 4.79 Å². The van der Waals surface area contributed by atoms with Crippen LogP contribution in [0.2, 0.25) is 0 Å². The second kappa shape index (κ2) is 3.66. The van der Waals surface area contributed by atoms with Gasteiger partial charge in [-0.2, -0.15) is 5.10 Å². The minimum atomic E-state index is -0.565. The molecule has 0 radical (unpaired) electrons. The van der Waals surface area contributed by atoms with Crippen molar-refractivity contribution in [2.24, 2.45) is 12.8 Å². The van der Waals surface area contributed by atoms with Gasteiger partial charge in [0.15, 0.2) is 0 Å². The number of hydrogen-bond acceptors (Lipinski definition) is 3. The van der Waals surface area contributed by atoms with Crippen molar-refractivity contribution in [3.8, 4) is 0 Å². The zero-order valence-corrected chi connectivity index (χ0v) is 8.86. The van der Waals surface area contributed by atoms with Crippen LogP contribution in [0.15, 0.2) is 12.3 Å². The Kier molecular flexibility index (Phi) is 2.48.